The molecule has 0 saturated heterocycles. The van der Waals surface area contributed by atoms with Crippen molar-refractivity contribution in [3.63, 3.8) is 0 Å². The molecular formula is C16H18ClNO4S2. The van der Waals surface area contributed by atoms with Crippen LogP contribution in [0.5, 0.6) is 5.75 Å². The van der Waals surface area contributed by atoms with Crippen molar-refractivity contribution < 1.29 is 17.9 Å². The van der Waals surface area contributed by atoms with Crippen molar-refractivity contribution in [2.45, 2.75) is 15.9 Å². The Hall–Kier alpha value is -1.57. The van der Waals surface area contributed by atoms with Crippen LogP contribution >= 0.6 is 22.9 Å². The second kappa shape index (κ2) is 8.50. The maximum atomic E-state index is 12.9. The number of halogens is 1. The summed E-state index contributed by atoms with van der Waals surface area (Å²) in [7, 11) is -2.07. The third kappa shape index (κ3) is 4.49. The third-order valence-corrected chi connectivity index (χ3v) is 7.16. The van der Waals surface area contributed by atoms with Crippen LogP contribution in [-0.2, 0) is 14.6 Å². The molecular weight excluding hydrogens is 370 g/mol. The van der Waals surface area contributed by atoms with Gasteiger partial charge in [-0.1, -0.05) is 18.2 Å². The number of sulfone groups is 1. The molecule has 1 heterocycles. The second-order valence-corrected chi connectivity index (χ2v) is 8.66. The van der Waals surface area contributed by atoms with Crippen LogP contribution in [0.15, 0.2) is 46.0 Å². The lowest BCUT2D eigenvalue weighted by atomic mass is 10.1. The first kappa shape index (κ1) is 18.8. The summed E-state index contributed by atoms with van der Waals surface area (Å²) in [6, 6.07) is 10.1. The van der Waals surface area contributed by atoms with E-state index >= 15 is 0 Å². The highest BCUT2D eigenvalue weighted by Gasteiger charge is 2.30. The Bertz CT molecular complexity index is 758. The number of thiophene rings is 1. The number of ether oxygens (including phenoxy) is 1. The smallest absolute Gasteiger partial charge is 0.221 e. The first-order valence-corrected chi connectivity index (χ1v) is 10.2. The van der Waals surface area contributed by atoms with Crippen LogP contribution in [0.1, 0.15) is 17.2 Å². The predicted octanol–water partition coefficient (Wildman–Crippen LogP) is 3.02. The largest absolute Gasteiger partial charge is 0.497 e. The number of hydrogen-bond acceptors (Lipinski definition) is 5. The van der Waals surface area contributed by atoms with Gasteiger partial charge in [0.15, 0.2) is 9.84 Å². The monoisotopic (exact) mass is 387 g/mol. The summed E-state index contributed by atoms with van der Waals surface area (Å²) in [5, 5.41) is 3.49. The van der Waals surface area contributed by atoms with Gasteiger partial charge in [-0.05, 0) is 29.1 Å². The number of hydrogen-bond donors (Lipinski definition) is 1. The van der Waals surface area contributed by atoms with Gasteiger partial charge >= 0.3 is 0 Å². The third-order valence-electron chi connectivity index (χ3n) is 3.44. The van der Waals surface area contributed by atoms with Crippen LogP contribution in [-0.4, -0.2) is 33.9 Å². The van der Waals surface area contributed by atoms with E-state index in [1.807, 2.05) is 0 Å². The van der Waals surface area contributed by atoms with Crippen LogP contribution in [0.2, 0.25) is 0 Å². The van der Waals surface area contributed by atoms with Crippen molar-refractivity contribution in [3.05, 3.63) is 47.3 Å². The molecule has 1 aromatic carbocycles. The molecule has 0 bridgehead atoms. The highest BCUT2D eigenvalue weighted by atomic mass is 35.5. The summed E-state index contributed by atoms with van der Waals surface area (Å²) in [4.78, 5) is 11.7. The first-order valence-electron chi connectivity index (χ1n) is 7.23. The molecule has 0 spiro atoms. The molecule has 2 rings (SSSR count). The van der Waals surface area contributed by atoms with Gasteiger partial charge in [-0.15, -0.1) is 22.9 Å². The number of carbonyl (C=O) groups is 1. The van der Waals surface area contributed by atoms with E-state index in [2.05, 4.69) is 5.32 Å². The minimum atomic E-state index is -3.61. The minimum absolute atomic E-state index is 0.0116. The zero-order valence-electron chi connectivity index (χ0n) is 13.1. The summed E-state index contributed by atoms with van der Waals surface area (Å²) in [5.41, 5.74) is 0.593. The SMILES string of the molecule is COc1ccc([C@H](CNC(=O)CCCl)S(=O)(=O)c2cccs2)cc1. The van der Waals surface area contributed by atoms with Gasteiger partial charge in [-0.2, -0.15) is 0 Å². The standard InChI is InChI=1S/C16H18ClNO4S2/c1-22-13-6-4-12(5-7-13)14(11-18-15(19)8-9-17)24(20,21)16-3-2-10-23-16/h2-7,10,14H,8-9,11H2,1H3,(H,18,19)/t14-/m0/s1. The molecule has 0 saturated carbocycles. The van der Waals surface area contributed by atoms with Crippen LogP contribution in [0.25, 0.3) is 0 Å². The number of methoxy groups -OCH3 is 1. The Kier molecular flexibility index (Phi) is 6.65. The van der Waals surface area contributed by atoms with E-state index in [0.717, 1.165) is 11.3 Å². The lowest BCUT2D eigenvalue weighted by Gasteiger charge is -2.18. The fourth-order valence-corrected chi connectivity index (χ4v) is 5.21. The molecule has 1 atom stereocenters. The number of nitrogens with one attached hydrogen (secondary N) is 1. The highest BCUT2D eigenvalue weighted by Crippen LogP contribution is 2.32. The lowest BCUT2D eigenvalue weighted by Crippen LogP contribution is -2.31. The highest BCUT2D eigenvalue weighted by molar-refractivity contribution is 7.93. The molecule has 0 fully saturated rings. The Morgan fingerprint density at radius 2 is 2.00 bits per heavy atom. The molecule has 130 valence electrons. The van der Waals surface area contributed by atoms with E-state index < -0.39 is 15.1 Å². The Labute approximate surface area is 150 Å². The van der Waals surface area contributed by atoms with Crippen molar-refractivity contribution in [1.29, 1.82) is 0 Å². The average Bonchev–Trinajstić information content (AvgIpc) is 3.11. The molecule has 0 aliphatic rings. The van der Waals surface area contributed by atoms with Gasteiger partial charge in [0.1, 0.15) is 15.2 Å². The quantitative estimate of drug-likeness (QED) is 0.706. The maximum absolute atomic E-state index is 12.9. The van der Waals surface area contributed by atoms with E-state index in [9.17, 15) is 13.2 Å². The Balaban J connectivity index is 2.31. The van der Waals surface area contributed by atoms with E-state index in [-0.39, 0.29) is 29.0 Å². The van der Waals surface area contributed by atoms with Gasteiger partial charge in [0.05, 0.1) is 7.11 Å². The molecule has 0 aliphatic carbocycles. The van der Waals surface area contributed by atoms with E-state index in [1.165, 1.54) is 0 Å². The summed E-state index contributed by atoms with van der Waals surface area (Å²) >= 11 is 6.70. The number of alkyl halides is 1. The molecule has 8 heteroatoms. The molecule has 24 heavy (non-hydrogen) atoms. The van der Waals surface area contributed by atoms with Crippen molar-refractivity contribution in [3.8, 4) is 5.75 Å². The van der Waals surface area contributed by atoms with Gasteiger partial charge in [-0.25, -0.2) is 8.42 Å². The van der Waals surface area contributed by atoms with Gasteiger partial charge in [-0.3, -0.25) is 4.79 Å². The van der Waals surface area contributed by atoms with Crippen molar-refractivity contribution in [1.82, 2.24) is 5.32 Å². The summed E-state index contributed by atoms with van der Waals surface area (Å²) in [6.45, 7) is -0.0116. The average molecular weight is 388 g/mol. The predicted molar refractivity (Wildman–Crippen MR) is 95.6 cm³/mol. The molecule has 5 nitrogen and oxygen atoms in total. The normalized spacial score (nSPS) is 12.6. The number of amides is 1. The summed E-state index contributed by atoms with van der Waals surface area (Å²) in [5.74, 6) is 0.554. The van der Waals surface area contributed by atoms with E-state index in [0.29, 0.717) is 11.3 Å². The Morgan fingerprint density at radius 3 is 2.54 bits per heavy atom. The van der Waals surface area contributed by atoms with Gasteiger partial charge in [0, 0.05) is 18.8 Å². The topological polar surface area (TPSA) is 72.5 Å². The zero-order valence-corrected chi connectivity index (χ0v) is 15.5. The van der Waals surface area contributed by atoms with Crippen LogP contribution in [0, 0.1) is 0 Å². The Morgan fingerprint density at radius 1 is 1.29 bits per heavy atom. The molecule has 0 aliphatic heterocycles. The summed E-state index contributed by atoms with van der Waals surface area (Å²) in [6.07, 6.45) is 0.149. The van der Waals surface area contributed by atoms with Crippen molar-refractivity contribution >= 4 is 38.7 Å². The van der Waals surface area contributed by atoms with E-state index in [4.69, 9.17) is 16.3 Å². The van der Waals surface area contributed by atoms with Crippen molar-refractivity contribution in [2.24, 2.45) is 0 Å². The fraction of sp³-hybridized carbons (Fsp3) is 0.312. The van der Waals surface area contributed by atoms with Crippen LogP contribution in [0.3, 0.4) is 0 Å². The molecule has 1 aromatic heterocycles. The minimum Gasteiger partial charge on any atom is -0.497 e. The zero-order chi connectivity index (χ0) is 17.6. The first-order chi connectivity index (χ1) is 11.5. The molecule has 0 unspecified atom stereocenters. The number of rotatable bonds is 8. The van der Waals surface area contributed by atoms with Gasteiger partial charge in [0.2, 0.25) is 5.91 Å². The van der Waals surface area contributed by atoms with E-state index in [1.54, 1.807) is 48.9 Å². The van der Waals surface area contributed by atoms with Crippen LogP contribution in [0.4, 0.5) is 0 Å². The summed E-state index contributed by atoms with van der Waals surface area (Å²) < 4.78 is 31.2. The lowest BCUT2D eigenvalue weighted by molar-refractivity contribution is -0.120. The van der Waals surface area contributed by atoms with Crippen LogP contribution < -0.4 is 10.1 Å². The molecule has 0 radical (unpaired) electrons. The number of carbonyl (C=O) groups excluding carboxylic acids is 1. The molecule has 1 amide bonds. The molecule has 1 N–H and O–H groups in total. The van der Waals surface area contributed by atoms with Gasteiger partial charge < -0.3 is 10.1 Å². The number of benzene rings is 1. The maximum Gasteiger partial charge on any atom is 0.221 e. The molecule has 2 aromatic rings. The van der Waals surface area contributed by atoms with Gasteiger partial charge in [0.25, 0.3) is 0 Å². The fourth-order valence-electron chi connectivity index (χ4n) is 2.17. The van der Waals surface area contributed by atoms with Crippen molar-refractivity contribution in [2.75, 3.05) is 19.5 Å². The second-order valence-electron chi connectivity index (χ2n) is 4.98.